The highest BCUT2D eigenvalue weighted by atomic mass is 16.5. The number of hydrogen-bond acceptors (Lipinski definition) is 3. The topological polar surface area (TPSA) is 33.3 Å². The first-order valence-corrected chi connectivity index (χ1v) is 9.02. The molecule has 0 bridgehead atoms. The lowest BCUT2D eigenvalue weighted by atomic mass is 9.66. The van der Waals surface area contributed by atoms with Gasteiger partial charge in [0.25, 0.3) is 0 Å². The van der Waals surface area contributed by atoms with Gasteiger partial charge in [0.15, 0.2) is 0 Å². The molecule has 1 aliphatic heterocycles. The third-order valence-corrected chi connectivity index (χ3v) is 5.54. The van der Waals surface area contributed by atoms with Gasteiger partial charge in [0, 0.05) is 12.8 Å². The third-order valence-electron chi connectivity index (χ3n) is 5.54. The summed E-state index contributed by atoms with van der Waals surface area (Å²) in [5.74, 6) is 0.794. The van der Waals surface area contributed by atoms with Crippen LogP contribution in [0.5, 0.6) is 0 Å². The summed E-state index contributed by atoms with van der Waals surface area (Å²) in [7, 11) is 0. The van der Waals surface area contributed by atoms with Crippen molar-refractivity contribution in [2.75, 3.05) is 13.2 Å². The van der Waals surface area contributed by atoms with Gasteiger partial charge in [-0.3, -0.25) is 0 Å². The summed E-state index contributed by atoms with van der Waals surface area (Å²) in [5, 5.41) is 0. The van der Waals surface area contributed by atoms with Gasteiger partial charge in [-0.15, -0.1) is 0 Å². The number of rotatable bonds is 8. The minimum absolute atomic E-state index is 0.463. The van der Waals surface area contributed by atoms with E-state index in [9.17, 15) is 0 Å². The fourth-order valence-electron chi connectivity index (χ4n) is 4.07. The van der Waals surface area contributed by atoms with Crippen molar-refractivity contribution in [2.45, 2.75) is 78.2 Å². The van der Waals surface area contributed by atoms with Crippen molar-refractivity contribution >= 4 is 0 Å². The van der Waals surface area contributed by atoms with Crippen LogP contribution in [0.4, 0.5) is 0 Å². The number of nitrogens with one attached hydrogen (secondary N) is 2. The Morgan fingerprint density at radius 3 is 2.62 bits per heavy atom. The van der Waals surface area contributed by atoms with E-state index >= 15 is 0 Å². The molecule has 2 rings (SSSR count). The van der Waals surface area contributed by atoms with Crippen LogP contribution in [0.2, 0.25) is 0 Å². The lowest BCUT2D eigenvalue weighted by molar-refractivity contribution is 0.00552. The van der Waals surface area contributed by atoms with E-state index in [0.29, 0.717) is 11.5 Å². The third kappa shape index (κ3) is 4.23. The Morgan fingerprint density at radius 1 is 1.24 bits per heavy atom. The normalized spacial score (nSPS) is 32.8. The van der Waals surface area contributed by atoms with Crippen molar-refractivity contribution in [1.29, 1.82) is 0 Å². The largest absolute Gasteiger partial charge is 0.381 e. The Labute approximate surface area is 130 Å². The molecule has 0 aromatic heterocycles. The number of hydrogen-bond donors (Lipinski definition) is 2. The molecular formula is C18H34N2O. The van der Waals surface area contributed by atoms with Crippen LogP contribution < -0.4 is 10.9 Å². The highest BCUT2D eigenvalue weighted by Crippen LogP contribution is 2.45. The van der Waals surface area contributed by atoms with Gasteiger partial charge in [-0.1, -0.05) is 26.7 Å². The molecule has 0 aromatic carbocycles. The minimum atomic E-state index is 0.463. The molecule has 0 amide bonds. The molecule has 0 saturated heterocycles. The molecule has 2 aliphatic rings. The SMILES string of the molecule is CCCCC1(COCC)CCC(C2NNC=C2CC)CC1. The van der Waals surface area contributed by atoms with Gasteiger partial charge in [-0.25, -0.2) is 5.43 Å². The van der Waals surface area contributed by atoms with Gasteiger partial charge in [0.05, 0.1) is 12.6 Å². The van der Waals surface area contributed by atoms with Crippen LogP contribution in [0.15, 0.2) is 11.8 Å². The van der Waals surface area contributed by atoms with E-state index in [1.54, 1.807) is 5.57 Å². The van der Waals surface area contributed by atoms with Crippen molar-refractivity contribution in [3.63, 3.8) is 0 Å². The predicted molar refractivity (Wildman–Crippen MR) is 88.8 cm³/mol. The smallest absolute Gasteiger partial charge is 0.0522 e. The quantitative estimate of drug-likeness (QED) is 0.705. The van der Waals surface area contributed by atoms with Crippen molar-refractivity contribution < 1.29 is 4.74 Å². The Bertz CT molecular complexity index is 322. The second kappa shape index (κ2) is 8.19. The maximum absolute atomic E-state index is 5.84. The summed E-state index contributed by atoms with van der Waals surface area (Å²) in [5.41, 5.74) is 8.70. The van der Waals surface area contributed by atoms with E-state index in [1.165, 1.54) is 44.9 Å². The highest BCUT2D eigenvalue weighted by molar-refractivity contribution is 5.16. The minimum Gasteiger partial charge on any atom is -0.381 e. The molecule has 1 aliphatic carbocycles. The molecule has 1 atom stereocenters. The number of unbranched alkanes of at least 4 members (excludes halogenated alkanes) is 1. The lowest BCUT2D eigenvalue weighted by Gasteiger charge is -2.42. The summed E-state index contributed by atoms with van der Waals surface area (Å²) >= 11 is 0. The molecule has 1 unspecified atom stereocenters. The fourth-order valence-corrected chi connectivity index (χ4v) is 4.07. The first-order chi connectivity index (χ1) is 10.2. The molecule has 0 aromatic rings. The van der Waals surface area contributed by atoms with Crippen LogP contribution in [-0.2, 0) is 4.74 Å². The zero-order chi connectivity index (χ0) is 15.1. The van der Waals surface area contributed by atoms with E-state index in [-0.39, 0.29) is 0 Å². The maximum atomic E-state index is 5.84. The average Bonchev–Trinajstić information content (AvgIpc) is 3.00. The standard InChI is InChI=1S/C18H34N2O/c1-4-7-10-18(14-21-6-3)11-8-16(9-12-18)17-15(5-2)13-19-20-17/h13,16-17,19-20H,4-12,14H2,1-3H3. The molecule has 0 spiro atoms. The number of hydrazine groups is 1. The van der Waals surface area contributed by atoms with Gasteiger partial charge in [0.2, 0.25) is 0 Å². The summed E-state index contributed by atoms with van der Waals surface area (Å²) in [6, 6.07) is 0.561. The van der Waals surface area contributed by atoms with Crippen LogP contribution in [0.3, 0.4) is 0 Å². The highest BCUT2D eigenvalue weighted by Gasteiger charge is 2.38. The molecule has 2 N–H and O–H groups in total. The summed E-state index contributed by atoms with van der Waals surface area (Å²) in [4.78, 5) is 0. The molecule has 3 heteroatoms. The first-order valence-electron chi connectivity index (χ1n) is 9.02. The second-order valence-electron chi connectivity index (χ2n) is 6.92. The van der Waals surface area contributed by atoms with Gasteiger partial charge in [-0.2, -0.15) is 0 Å². The van der Waals surface area contributed by atoms with Crippen molar-refractivity contribution in [1.82, 2.24) is 10.9 Å². The Hall–Kier alpha value is -0.540. The Balaban J connectivity index is 1.90. The van der Waals surface area contributed by atoms with Gasteiger partial charge < -0.3 is 10.2 Å². The van der Waals surface area contributed by atoms with Crippen molar-refractivity contribution in [3.8, 4) is 0 Å². The monoisotopic (exact) mass is 294 g/mol. The Kier molecular flexibility index (Phi) is 6.56. The summed E-state index contributed by atoms with van der Waals surface area (Å²) in [6.45, 7) is 8.51. The van der Waals surface area contributed by atoms with Crippen molar-refractivity contribution in [3.05, 3.63) is 11.8 Å². The van der Waals surface area contributed by atoms with E-state index < -0.39 is 0 Å². The maximum Gasteiger partial charge on any atom is 0.0522 e. The van der Waals surface area contributed by atoms with Crippen LogP contribution in [0.25, 0.3) is 0 Å². The molecule has 3 nitrogen and oxygen atoms in total. The fraction of sp³-hybridized carbons (Fsp3) is 0.889. The second-order valence-corrected chi connectivity index (χ2v) is 6.92. The summed E-state index contributed by atoms with van der Waals surface area (Å²) in [6.07, 6.45) is 12.7. The van der Waals surface area contributed by atoms with Gasteiger partial charge in [0.1, 0.15) is 0 Å². The van der Waals surface area contributed by atoms with Gasteiger partial charge >= 0.3 is 0 Å². The predicted octanol–water partition coefficient (Wildman–Crippen LogP) is 4.16. The van der Waals surface area contributed by atoms with Gasteiger partial charge in [-0.05, 0) is 62.4 Å². The van der Waals surface area contributed by atoms with Crippen LogP contribution in [-0.4, -0.2) is 19.3 Å². The molecule has 1 saturated carbocycles. The molecule has 1 fully saturated rings. The number of ether oxygens (including phenoxy) is 1. The van der Waals surface area contributed by atoms with Crippen molar-refractivity contribution in [2.24, 2.45) is 11.3 Å². The van der Waals surface area contributed by atoms with E-state index in [4.69, 9.17) is 4.74 Å². The molecule has 122 valence electrons. The first kappa shape index (κ1) is 16.8. The van der Waals surface area contributed by atoms with E-state index in [1.807, 2.05) is 0 Å². The van der Waals surface area contributed by atoms with E-state index in [2.05, 4.69) is 37.8 Å². The molecule has 21 heavy (non-hydrogen) atoms. The van der Waals surface area contributed by atoms with Crippen LogP contribution >= 0.6 is 0 Å². The average molecular weight is 294 g/mol. The van der Waals surface area contributed by atoms with Crippen LogP contribution in [0.1, 0.15) is 72.1 Å². The lowest BCUT2D eigenvalue weighted by Crippen LogP contribution is -2.42. The molecule has 0 radical (unpaired) electrons. The van der Waals surface area contributed by atoms with E-state index in [0.717, 1.165) is 25.6 Å². The van der Waals surface area contributed by atoms with Crippen LogP contribution in [0, 0.1) is 11.3 Å². The summed E-state index contributed by atoms with van der Waals surface area (Å²) < 4.78 is 5.84. The molecule has 1 heterocycles. The molecular weight excluding hydrogens is 260 g/mol. The Morgan fingerprint density at radius 2 is 2.00 bits per heavy atom. The zero-order valence-corrected chi connectivity index (χ0v) is 14.2. The zero-order valence-electron chi connectivity index (χ0n) is 14.2.